The van der Waals surface area contributed by atoms with Gasteiger partial charge in [-0.25, -0.2) is 9.78 Å². The van der Waals surface area contributed by atoms with Crippen LogP contribution in [0.4, 0.5) is 10.6 Å². The van der Waals surface area contributed by atoms with Gasteiger partial charge in [-0.05, 0) is 36.1 Å². The Labute approximate surface area is 158 Å². The molecule has 1 aromatic heterocycles. The number of nitrogens with one attached hydrogen (secondary N) is 2. The van der Waals surface area contributed by atoms with E-state index in [0.717, 1.165) is 17.8 Å². The third kappa shape index (κ3) is 5.20. The van der Waals surface area contributed by atoms with Crippen LogP contribution in [-0.2, 0) is 17.6 Å². The van der Waals surface area contributed by atoms with E-state index in [9.17, 15) is 14.7 Å². The largest absolute Gasteiger partial charge is 0.481 e. The molecule has 0 aliphatic carbocycles. The van der Waals surface area contributed by atoms with Crippen molar-refractivity contribution in [1.82, 2.24) is 15.2 Å². The number of carboxylic acid groups (broad SMARTS) is 1. The van der Waals surface area contributed by atoms with Gasteiger partial charge in [-0.3, -0.25) is 4.79 Å². The Morgan fingerprint density at radius 1 is 1.11 bits per heavy atom. The quantitative estimate of drug-likeness (QED) is 0.679. The summed E-state index contributed by atoms with van der Waals surface area (Å²) < 4.78 is 0. The highest BCUT2D eigenvalue weighted by Gasteiger charge is 2.29. The smallest absolute Gasteiger partial charge is 0.317 e. The van der Waals surface area contributed by atoms with Gasteiger partial charge in [-0.15, -0.1) is 0 Å². The van der Waals surface area contributed by atoms with Crippen molar-refractivity contribution in [3.63, 3.8) is 0 Å². The van der Waals surface area contributed by atoms with E-state index in [1.165, 1.54) is 5.56 Å². The molecular formula is C20H24N4O3. The summed E-state index contributed by atoms with van der Waals surface area (Å²) in [4.78, 5) is 29.8. The van der Waals surface area contributed by atoms with Gasteiger partial charge in [0, 0.05) is 31.9 Å². The van der Waals surface area contributed by atoms with Gasteiger partial charge in [0.25, 0.3) is 0 Å². The minimum absolute atomic E-state index is 0.0616. The Morgan fingerprint density at radius 2 is 1.89 bits per heavy atom. The molecule has 7 nitrogen and oxygen atoms in total. The van der Waals surface area contributed by atoms with E-state index < -0.39 is 5.97 Å². The van der Waals surface area contributed by atoms with Crippen LogP contribution in [0.5, 0.6) is 0 Å². The normalized spacial score (nSPS) is 16.1. The van der Waals surface area contributed by atoms with Gasteiger partial charge < -0.3 is 20.6 Å². The first-order chi connectivity index (χ1) is 13.1. The van der Waals surface area contributed by atoms with Gasteiger partial charge in [0.2, 0.25) is 0 Å². The molecule has 2 amide bonds. The molecule has 0 fully saturated rings. The number of hydrogen-bond donors (Lipinski definition) is 3. The predicted octanol–water partition coefficient (Wildman–Crippen LogP) is 2.15. The lowest BCUT2D eigenvalue weighted by Crippen LogP contribution is -2.48. The van der Waals surface area contributed by atoms with Crippen LogP contribution in [0.25, 0.3) is 0 Å². The van der Waals surface area contributed by atoms with Crippen LogP contribution in [0, 0.1) is 0 Å². The van der Waals surface area contributed by atoms with Crippen molar-refractivity contribution in [3.8, 4) is 0 Å². The lowest BCUT2D eigenvalue weighted by Gasteiger charge is -2.29. The van der Waals surface area contributed by atoms with Gasteiger partial charge in [0.15, 0.2) is 0 Å². The van der Waals surface area contributed by atoms with Crippen LogP contribution in [0.1, 0.15) is 17.5 Å². The molecule has 142 valence electrons. The van der Waals surface area contributed by atoms with Crippen molar-refractivity contribution < 1.29 is 14.7 Å². The summed E-state index contributed by atoms with van der Waals surface area (Å²) in [5.41, 5.74) is 2.30. The molecular weight excluding hydrogens is 344 g/mol. The summed E-state index contributed by atoms with van der Waals surface area (Å²) in [6.07, 6.45) is 2.92. The van der Waals surface area contributed by atoms with E-state index in [-0.39, 0.29) is 18.5 Å². The van der Waals surface area contributed by atoms with E-state index in [4.69, 9.17) is 0 Å². The van der Waals surface area contributed by atoms with Crippen LogP contribution in [0.3, 0.4) is 0 Å². The SMILES string of the molecule is O=C(O)CC1Cc2ccccc2CCN1C(=O)NCCNc1ccccn1. The summed E-state index contributed by atoms with van der Waals surface area (Å²) in [6.45, 7) is 1.48. The van der Waals surface area contributed by atoms with Crippen molar-refractivity contribution in [2.75, 3.05) is 25.0 Å². The fraction of sp³-hybridized carbons (Fsp3) is 0.350. The van der Waals surface area contributed by atoms with Crippen molar-refractivity contribution in [3.05, 3.63) is 59.8 Å². The maximum Gasteiger partial charge on any atom is 0.317 e. The monoisotopic (exact) mass is 368 g/mol. The summed E-state index contributed by atoms with van der Waals surface area (Å²) in [5, 5.41) is 15.3. The number of rotatable bonds is 6. The third-order valence-corrected chi connectivity index (χ3v) is 4.68. The fourth-order valence-corrected chi connectivity index (χ4v) is 3.37. The van der Waals surface area contributed by atoms with Gasteiger partial charge >= 0.3 is 12.0 Å². The highest BCUT2D eigenvalue weighted by atomic mass is 16.4. The second kappa shape index (κ2) is 9.02. The van der Waals surface area contributed by atoms with Crippen molar-refractivity contribution in [2.24, 2.45) is 0 Å². The van der Waals surface area contributed by atoms with Crippen LogP contribution in [0.15, 0.2) is 48.7 Å². The number of anilines is 1. The average Bonchev–Trinajstić information content (AvgIpc) is 2.84. The second-order valence-electron chi connectivity index (χ2n) is 6.54. The number of nitrogens with zero attached hydrogens (tertiary/aromatic N) is 2. The number of hydrogen-bond acceptors (Lipinski definition) is 4. The maximum absolute atomic E-state index is 12.7. The minimum Gasteiger partial charge on any atom is -0.481 e. The lowest BCUT2D eigenvalue weighted by atomic mass is 9.99. The number of urea groups is 1. The first-order valence-corrected chi connectivity index (χ1v) is 9.11. The van der Waals surface area contributed by atoms with E-state index >= 15 is 0 Å². The Morgan fingerprint density at radius 3 is 2.63 bits per heavy atom. The molecule has 1 aromatic carbocycles. The molecule has 2 aromatic rings. The Bertz CT molecular complexity index is 782. The maximum atomic E-state index is 12.7. The average molecular weight is 368 g/mol. The Hall–Kier alpha value is -3.09. The second-order valence-corrected chi connectivity index (χ2v) is 6.54. The van der Waals surface area contributed by atoms with Crippen LogP contribution in [0.2, 0.25) is 0 Å². The zero-order chi connectivity index (χ0) is 19.1. The standard InChI is InChI=1S/C20H24N4O3/c25-19(26)14-17-13-16-6-2-1-5-15(16)8-12-24(17)20(27)23-11-10-22-18-7-3-4-9-21-18/h1-7,9,17H,8,10-14H2,(H,21,22)(H,23,27)(H,25,26). The molecule has 3 N–H and O–H groups in total. The number of aromatic nitrogens is 1. The minimum atomic E-state index is -0.894. The molecule has 0 bridgehead atoms. The first kappa shape index (κ1) is 18.7. The van der Waals surface area contributed by atoms with Gasteiger partial charge in [-0.1, -0.05) is 30.3 Å². The molecule has 7 heteroatoms. The van der Waals surface area contributed by atoms with Crippen molar-refractivity contribution >= 4 is 17.8 Å². The zero-order valence-electron chi connectivity index (χ0n) is 15.1. The van der Waals surface area contributed by atoms with Crippen molar-refractivity contribution in [2.45, 2.75) is 25.3 Å². The van der Waals surface area contributed by atoms with Gasteiger partial charge in [-0.2, -0.15) is 0 Å². The molecule has 1 unspecified atom stereocenters. The van der Waals surface area contributed by atoms with E-state index in [1.807, 2.05) is 42.5 Å². The summed E-state index contributed by atoms with van der Waals surface area (Å²) >= 11 is 0. The Kier molecular flexibility index (Phi) is 6.25. The van der Waals surface area contributed by atoms with Crippen LogP contribution < -0.4 is 10.6 Å². The van der Waals surface area contributed by atoms with E-state index in [1.54, 1.807) is 11.1 Å². The van der Waals surface area contributed by atoms with Gasteiger partial charge in [0.05, 0.1) is 6.42 Å². The molecule has 2 heterocycles. The number of pyridine rings is 1. The molecule has 1 atom stereocenters. The molecule has 0 radical (unpaired) electrons. The topological polar surface area (TPSA) is 94.6 Å². The first-order valence-electron chi connectivity index (χ1n) is 9.11. The third-order valence-electron chi connectivity index (χ3n) is 4.68. The number of benzene rings is 1. The molecule has 0 saturated carbocycles. The summed E-state index contributed by atoms with van der Waals surface area (Å²) in [7, 11) is 0. The number of carbonyl (C=O) groups excluding carboxylic acids is 1. The number of aliphatic carboxylic acids is 1. The summed E-state index contributed by atoms with van der Waals surface area (Å²) in [6, 6.07) is 13.0. The zero-order valence-corrected chi connectivity index (χ0v) is 15.1. The van der Waals surface area contributed by atoms with E-state index in [2.05, 4.69) is 15.6 Å². The molecule has 3 rings (SSSR count). The number of carboxylic acids is 1. The van der Waals surface area contributed by atoms with E-state index in [0.29, 0.717) is 26.1 Å². The summed E-state index contributed by atoms with van der Waals surface area (Å²) in [5.74, 6) is -0.144. The fourth-order valence-electron chi connectivity index (χ4n) is 3.37. The molecule has 1 aliphatic heterocycles. The lowest BCUT2D eigenvalue weighted by molar-refractivity contribution is -0.138. The van der Waals surface area contributed by atoms with Crippen LogP contribution in [-0.4, -0.2) is 52.7 Å². The van der Waals surface area contributed by atoms with Crippen LogP contribution >= 0.6 is 0 Å². The van der Waals surface area contributed by atoms with Gasteiger partial charge in [0.1, 0.15) is 5.82 Å². The predicted molar refractivity (Wildman–Crippen MR) is 103 cm³/mol. The Balaban J connectivity index is 1.58. The highest BCUT2D eigenvalue weighted by molar-refractivity contribution is 5.76. The highest BCUT2D eigenvalue weighted by Crippen LogP contribution is 2.21. The molecule has 27 heavy (non-hydrogen) atoms. The number of fused-ring (bicyclic) bond motifs is 1. The molecule has 0 saturated heterocycles. The molecule has 1 aliphatic rings. The number of carbonyl (C=O) groups is 2. The molecule has 0 spiro atoms. The number of amides is 2. The van der Waals surface area contributed by atoms with Crippen molar-refractivity contribution in [1.29, 1.82) is 0 Å².